The maximum Gasteiger partial charge on any atom is 0.252 e. The van der Waals surface area contributed by atoms with Crippen LogP contribution in [0, 0.1) is 0 Å². The Kier molecular flexibility index (Phi) is 2.28. The molecule has 4 nitrogen and oxygen atoms in total. The van der Waals surface area contributed by atoms with E-state index >= 15 is 0 Å². The Balaban J connectivity index is 3.29. The molecule has 0 atom stereocenters. The number of aryl methyl sites for hydroxylation is 1. The van der Waals surface area contributed by atoms with Crippen molar-refractivity contribution in [3.8, 4) is 0 Å². The molecule has 1 heterocycles. The van der Waals surface area contributed by atoms with Gasteiger partial charge in [-0.2, -0.15) is 0 Å². The predicted molar refractivity (Wildman–Crippen MR) is 46.5 cm³/mol. The third-order valence-corrected chi connectivity index (χ3v) is 1.64. The lowest BCUT2D eigenvalue weighted by atomic mass is 10.1. The van der Waals surface area contributed by atoms with Crippen LogP contribution < -0.4 is 11.5 Å². The van der Waals surface area contributed by atoms with Crippen molar-refractivity contribution in [1.29, 1.82) is 0 Å². The number of nitrogens with two attached hydrogens (primary N) is 2. The van der Waals surface area contributed by atoms with E-state index in [1.54, 1.807) is 12.3 Å². The van der Waals surface area contributed by atoms with Gasteiger partial charge in [-0.1, -0.05) is 6.92 Å². The topological polar surface area (TPSA) is 82.0 Å². The molecule has 0 bridgehead atoms. The average Bonchev–Trinajstić information content (AvgIpc) is 2.03. The van der Waals surface area contributed by atoms with E-state index in [1.165, 1.54) is 0 Å². The highest BCUT2D eigenvalue weighted by Gasteiger charge is 2.10. The number of aromatic nitrogens is 1. The van der Waals surface area contributed by atoms with Crippen LogP contribution in [0.1, 0.15) is 23.0 Å². The molecule has 1 amide bonds. The fourth-order valence-corrected chi connectivity index (χ4v) is 1.07. The van der Waals surface area contributed by atoms with Crippen molar-refractivity contribution in [1.82, 2.24) is 4.98 Å². The number of amides is 1. The molecule has 64 valence electrons. The van der Waals surface area contributed by atoms with E-state index in [4.69, 9.17) is 11.5 Å². The van der Waals surface area contributed by atoms with Crippen LogP contribution in [0.3, 0.4) is 0 Å². The second-order valence-corrected chi connectivity index (χ2v) is 2.44. The van der Waals surface area contributed by atoms with Gasteiger partial charge in [-0.3, -0.25) is 9.78 Å². The lowest BCUT2D eigenvalue weighted by Gasteiger charge is -2.04. The Morgan fingerprint density at radius 3 is 2.75 bits per heavy atom. The highest BCUT2D eigenvalue weighted by Crippen LogP contribution is 2.13. The number of nitrogens with zero attached hydrogens (tertiary/aromatic N) is 1. The van der Waals surface area contributed by atoms with Gasteiger partial charge in [0.25, 0.3) is 5.91 Å². The molecule has 1 rings (SSSR count). The van der Waals surface area contributed by atoms with Crippen molar-refractivity contribution < 1.29 is 4.79 Å². The smallest absolute Gasteiger partial charge is 0.252 e. The molecule has 0 aliphatic heterocycles. The summed E-state index contributed by atoms with van der Waals surface area (Å²) in [5.74, 6) is -0.516. The largest absolute Gasteiger partial charge is 0.398 e. The summed E-state index contributed by atoms with van der Waals surface area (Å²) in [6, 6.07) is 1.57. The first-order chi connectivity index (χ1) is 5.66. The number of pyridine rings is 1. The maximum atomic E-state index is 10.9. The molecule has 0 aliphatic carbocycles. The molecule has 0 aromatic carbocycles. The van der Waals surface area contributed by atoms with Crippen LogP contribution in [0.2, 0.25) is 0 Å². The second-order valence-electron chi connectivity index (χ2n) is 2.44. The third kappa shape index (κ3) is 1.37. The van der Waals surface area contributed by atoms with Gasteiger partial charge in [0.05, 0.1) is 11.3 Å². The fraction of sp³-hybridized carbons (Fsp3) is 0.250. The highest BCUT2D eigenvalue weighted by molar-refractivity contribution is 5.98. The molecule has 4 N–H and O–H groups in total. The van der Waals surface area contributed by atoms with E-state index in [-0.39, 0.29) is 0 Å². The zero-order valence-corrected chi connectivity index (χ0v) is 6.87. The van der Waals surface area contributed by atoms with Crippen molar-refractivity contribution in [3.63, 3.8) is 0 Å². The van der Waals surface area contributed by atoms with Gasteiger partial charge >= 0.3 is 0 Å². The first-order valence-corrected chi connectivity index (χ1v) is 3.70. The lowest BCUT2D eigenvalue weighted by molar-refractivity contribution is 0.1000. The molecular weight excluding hydrogens is 154 g/mol. The van der Waals surface area contributed by atoms with E-state index in [0.29, 0.717) is 23.4 Å². The van der Waals surface area contributed by atoms with Crippen molar-refractivity contribution in [2.45, 2.75) is 13.3 Å². The summed E-state index contributed by atoms with van der Waals surface area (Å²) < 4.78 is 0. The first-order valence-electron chi connectivity index (χ1n) is 3.70. The van der Waals surface area contributed by atoms with E-state index in [0.717, 1.165) is 0 Å². The van der Waals surface area contributed by atoms with E-state index < -0.39 is 5.91 Å². The lowest BCUT2D eigenvalue weighted by Crippen LogP contribution is -2.16. The fourth-order valence-electron chi connectivity index (χ4n) is 1.07. The van der Waals surface area contributed by atoms with Gasteiger partial charge in [0.1, 0.15) is 0 Å². The number of carbonyl (C=O) groups excluding carboxylic acids is 1. The van der Waals surface area contributed by atoms with Gasteiger partial charge in [0.2, 0.25) is 0 Å². The van der Waals surface area contributed by atoms with Crippen LogP contribution in [0.4, 0.5) is 5.69 Å². The molecule has 12 heavy (non-hydrogen) atoms. The molecule has 0 unspecified atom stereocenters. The zero-order valence-electron chi connectivity index (χ0n) is 6.87. The molecule has 4 heteroatoms. The van der Waals surface area contributed by atoms with Gasteiger partial charge < -0.3 is 11.5 Å². The van der Waals surface area contributed by atoms with Gasteiger partial charge in [0.15, 0.2) is 0 Å². The van der Waals surface area contributed by atoms with Crippen LogP contribution in [0.25, 0.3) is 0 Å². The Bertz CT molecular complexity index is 309. The second kappa shape index (κ2) is 3.21. The quantitative estimate of drug-likeness (QED) is 0.662. The number of hydrogen-bond donors (Lipinski definition) is 2. The number of anilines is 1. The summed E-state index contributed by atoms with van der Waals surface area (Å²) in [5, 5.41) is 0. The van der Waals surface area contributed by atoms with E-state index in [1.807, 2.05) is 6.92 Å². The highest BCUT2D eigenvalue weighted by atomic mass is 16.1. The van der Waals surface area contributed by atoms with Crippen LogP contribution in [0.5, 0.6) is 0 Å². The number of hydrogen-bond acceptors (Lipinski definition) is 3. The van der Waals surface area contributed by atoms with Crippen LogP contribution >= 0.6 is 0 Å². The van der Waals surface area contributed by atoms with Crippen molar-refractivity contribution in [3.05, 3.63) is 23.5 Å². The summed E-state index contributed by atoms with van der Waals surface area (Å²) in [7, 11) is 0. The number of primary amides is 1. The Hall–Kier alpha value is -1.58. The van der Waals surface area contributed by atoms with E-state index in [2.05, 4.69) is 4.98 Å². The molecule has 0 saturated carbocycles. The van der Waals surface area contributed by atoms with Gasteiger partial charge in [0, 0.05) is 11.9 Å². The normalized spacial score (nSPS) is 9.75. The van der Waals surface area contributed by atoms with Crippen LogP contribution in [-0.4, -0.2) is 10.9 Å². The minimum absolute atomic E-state index is 0.347. The Morgan fingerprint density at radius 2 is 2.33 bits per heavy atom. The first kappa shape index (κ1) is 8.52. The molecule has 0 spiro atoms. The molecule has 1 aromatic heterocycles. The standard InChI is InChI=1S/C8H11N3O/c1-2-6-7(8(10)12)5(9)3-4-11-6/h3-4H,2H2,1H3,(H2,9,11)(H2,10,12). The Morgan fingerprint density at radius 1 is 1.67 bits per heavy atom. The minimum atomic E-state index is -0.516. The summed E-state index contributed by atoms with van der Waals surface area (Å²) in [4.78, 5) is 14.9. The molecule has 0 radical (unpaired) electrons. The minimum Gasteiger partial charge on any atom is -0.398 e. The monoisotopic (exact) mass is 165 g/mol. The zero-order chi connectivity index (χ0) is 9.14. The molecule has 0 aliphatic rings. The summed E-state index contributed by atoms with van der Waals surface area (Å²) in [5.41, 5.74) is 12.1. The van der Waals surface area contributed by atoms with Crippen molar-refractivity contribution >= 4 is 11.6 Å². The summed E-state index contributed by atoms with van der Waals surface area (Å²) in [6.45, 7) is 1.90. The van der Waals surface area contributed by atoms with Crippen LogP contribution in [-0.2, 0) is 6.42 Å². The predicted octanol–water partition coefficient (Wildman–Crippen LogP) is 0.325. The molecule has 0 saturated heterocycles. The molecule has 0 fully saturated rings. The number of carbonyl (C=O) groups is 1. The van der Waals surface area contributed by atoms with Gasteiger partial charge in [-0.05, 0) is 12.5 Å². The Labute approximate surface area is 70.6 Å². The third-order valence-electron chi connectivity index (χ3n) is 1.64. The summed E-state index contributed by atoms with van der Waals surface area (Å²) >= 11 is 0. The van der Waals surface area contributed by atoms with Crippen LogP contribution in [0.15, 0.2) is 12.3 Å². The van der Waals surface area contributed by atoms with E-state index in [9.17, 15) is 4.79 Å². The van der Waals surface area contributed by atoms with Gasteiger partial charge in [-0.25, -0.2) is 0 Å². The maximum absolute atomic E-state index is 10.9. The molecular formula is C8H11N3O. The summed E-state index contributed by atoms with van der Waals surface area (Å²) in [6.07, 6.45) is 2.23. The van der Waals surface area contributed by atoms with Crippen molar-refractivity contribution in [2.75, 3.05) is 5.73 Å². The molecule has 1 aromatic rings. The van der Waals surface area contributed by atoms with Gasteiger partial charge in [-0.15, -0.1) is 0 Å². The number of rotatable bonds is 2. The average molecular weight is 165 g/mol. The number of nitrogen functional groups attached to an aromatic ring is 1. The SMILES string of the molecule is CCc1nccc(N)c1C(N)=O. The van der Waals surface area contributed by atoms with Crippen molar-refractivity contribution in [2.24, 2.45) is 5.73 Å².